The van der Waals surface area contributed by atoms with E-state index in [2.05, 4.69) is 0 Å². The SMILES string of the molecule is CC1(C)OB(c2ccccc2C(=O)N2CCSCC2)OC1(C)C. The first-order chi connectivity index (χ1) is 10.8. The van der Waals surface area contributed by atoms with Crippen molar-refractivity contribution in [1.29, 1.82) is 0 Å². The molecule has 1 amide bonds. The summed E-state index contributed by atoms with van der Waals surface area (Å²) in [5.41, 5.74) is 0.706. The van der Waals surface area contributed by atoms with Gasteiger partial charge in [0.25, 0.3) is 5.91 Å². The van der Waals surface area contributed by atoms with E-state index in [4.69, 9.17) is 9.31 Å². The monoisotopic (exact) mass is 333 g/mol. The quantitative estimate of drug-likeness (QED) is 0.778. The van der Waals surface area contributed by atoms with Gasteiger partial charge in [0, 0.05) is 30.2 Å². The topological polar surface area (TPSA) is 38.8 Å². The Kier molecular flexibility index (Phi) is 4.51. The zero-order valence-corrected chi connectivity index (χ0v) is 15.1. The largest absolute Gasteiger partial charge is 0.495 e. The van der Waals surface area contributed by atoms with Crippen molar-refractivity contribution >= 4 is 30.3 Å². The van der Waals surface area contributed by atoms with Crippen LogP contribution in [0.2, 0.25) is 0 Å². The van der Waals surface area contributed by atoms with E-state index in [9.17, 15) is 4.79 Å². The lowest BCUT2D eigenvalue weighted by Gasteiger charge is -2.32. The predicted octanol–water partition coefficient (Wildman–Crippen LogP) is 2.17. The molecule has 4 nitrogen and oxygen atoms in total. The van der Waals surface area contributed by atoms with Crippen LogP contribution >= 0.6 is 11.8 Å². The molecule has 0 unspecified atom stereocenters. The molecule has 6 heteroatoms. The lowest BCUT2D eigenvalue weighted by Crippen LogP contribution is -2.44. The molecule has 23 heavy (non-hydrogen) atoms. The van der Waals surface area contributed by atoms with E-state index in [1.165, 1.54) is 0 Å². The van der Waals surface area contributed by atoms with Crippen molar-refractivity contribution in [2.75, 3.05) is 24.6 Å². The third kappa shape index (κ3) is 3.17. The van der Waals surface area contributed by atoms with Crippen molar-refractivity contribution in [3.63, 3.8) is 0 Å². The minimum atomic E-state index is -0.501. The average molecular weight is 333 g/mol. The molecule has 0 aliphatic carbocycles. The van der Waals surface area contributed by atoms with Gasteiger partial charge in [0.15, 0.2) is 0 Å². The summed E-state index contributed by atoms with van der Waals surface area (Å²) in [5, 5.41) is 0. The summed E-state index contributed by atoms with van der Waals surface area (Å²) in [4.78, 5) is 14.8. The maximum absolute atomic E-state index is 12.9. The Labute approximate surface area is 143 Å². The summed E-state index contributed by atoms with van der Waals surface area (Å²) in [6.07, 6.45) is 0. The van der Waals surface area contributed by atoms with Gasteiger partial charge in [-0.05, 0) is 39.2 Å². The van der Waals surface area contributed by atoms with Crippen LogP contribution in [0.15, 0.2) is 24.3 Å². The van der Waals surface area contributed by atoms with Gasteiger partial charge in [0.2, 0.25) is 0 Å². The maximum atomic E-state index is 12.9. The molecular weight excluding hydrogens is 309 g/mol. The molecule has 1 aromatic carbocycles. The Morgan fingerprint density at radius 3 is 2.26 bits per heavy atom. The van der Waals surface area contributed by atoms with Gasteiger partial charge in [0.1, 0.15) is 0 Å². The lowest BCUT2D eigenvalue weighted by molar-refractivity contribution is 0.00578. The number of carbonyl (C=O) groups is 1. The number of carbonyl (C=O) groups excluding carboxylic acids is 1. The Morgan fingerprint density at radius 1 is 1.09 bits per heavy atom. The molecule has 0 aromatic heterocycles. The average Bonchev–Trinajstić information content (AvgIpc) is 2.75. The molecule has 0 atom stereocenters. The normalized spacial score (nSPS) is 23.1. The van der Waals surface area contributed by atoms with Crippen molar-refractivity contribution in [3.05, 3.63) is 29.8 Å². The van der Waals surface area contributed by atoms with Gasteiger partial charge in [-0.25, -0.2) is 0 Å². The van der Waals surface area contributed by atoms with Crippen LogP contribution in [0.5, 0.6) is 0 Å². The Balaban J connectivity index is 1.88. The second-order valence-corrected chi connectivity index (χ2v) is 8.30. The second kappa shape index (κ2) is 6.15. The number of rotatable bonds is 2. The molecule has 0 bridgehead atoms. The third-order valence-corrected chi connectivity index (χ3v) is 5.94. The van der Waals surface area contributed by atoms with Crippen molar-refractivity contribution in [3.8, 4) is 0 Å². The van der Waals surface area contributed by atoms with Gasteiger partial charge in [-0.3, -0.25) is 4.79 Å². The van der Waals surface area contributed by atoms with E-state index in [1.54, 1.807) is 0 Å². The Morgan fingerprint density at radius 2 is 1.65 bits per heavy atom. The van der Waals surface area contributed by atoms with Crippen molar-refractivity contribution < 1.29 is 14.1 Å². The molecule has 2 aliphatic rings. The fourth-order valence-corrected chi connectivity index (χ4v) is 3.71. The maximum Gasteiger partial charge on any atom is 0.495 e. The molecular formula is C17H24BNO3S. The van der Waals surface area contributed by atoms with Crippen LogP contribution in [-0.4, -0.2) is 53.7 Å². The number of thioether (sulfide) groups is 1. The van der Waals surface area contributed by atoms with Crippen LogP contribution in [0, 0.1) is 0 Å². The second-order valence-electron chi connectivity index (χ2n) is 7.08. The molecule has 0 spiro atoms. The third-order valence-electron chi connectivity index (χ3n) is 5.00. The zero-order chi connectivity index (χ0) is 16.7. The van der Waals surface area contributed by atoms with Gasteiger partial charge in [0.05, 0.1) is 11.2 Å². The molecule has 2 heterocycles. The highest BCUT2D eigenvalue weighted by atomic mass is 32.2. The first-order valence-corrected chi connectivity index (χ1v) is 9.29. The van der Waals surface area contributed by atoms with E-state index >= 15 is 0 Å². The molecule has 2 fully saturated rings. The molecule has 0 N–H and O–H groups in total. The Hall–Kier alpha value is -0.975. The summed E-state index contributed by atoms with van der Waals surface area (Å²) in [6.45, 7) is 9.72. The van der Waals surface area contributed by atoms with Gasteiger partial charge < -0.3 is 14.2 Å². The number of hydrogen-bond donors (Lipinski definition) is 0. The first-order valence-electron chi connectivity index (χ1n) is 8.13. The molecule has 1 aromatic rings. The fraction of sp³-hybridized carbons (Fsp3) is 0.588. The summed E-state index contributed by atoms with van der Waals surface area (Å²) in [6, 6.07) is 7.66. The number of amides is 1. The zero-order valence-electron chi connectivity index (χ0n) is 14.3. The van der Waals surface area contributed by atoms with Crippen LogP contribution in [0.3, 0.4) is 0 Å². The van der Waals surface area contributed by atoms with E-state index in [-0.39, 0.29) is 5.91 Å². The molecule has 2 saturated heterocycles. The van der Waals surface area contributed by atoms with Crippen molar-refractivity contribution in [1.82, 2.24) is 4.90 Å². The first kappa shape index (κ1) is 16.9. The standard InChI is InChI=1S/C17H24BNO3S/c1-16(2)17(3,4)22-18(21-16)14-8-6-5-7-13(14)15(20)19-9-11-23-12-10-19/h5-8H,9-12H2,1-4H3. The van der Waals surface area contributed by atoms with Crippen LogP contribution < -0.4 is 5.46 Å². The van der Waals surface area contributed by atoms with E-state index in [1.807, 2.05) is 68.6 Å². The van der Waals surface area contributed by atoms with Gasteiger partial charge in [-0.15, -0.1) is 0 Å². The summed E-state index contributed by atoms with van der Waals surface area (Å²) < 4.78 is 12.3. The molecule has 0 saturated carbocycles. The van der Waals surface area contributed by atoms with Crippen LogP contribution in [-0.2, 0) is 9.31 Å². The summed E-state index contributed by atoms with van der Waals surface area (Å²) in [7, 11) is -0.501. The van der Waals surface area contributed by atoms with Crippen molar-refractivity contribution in [2.24, 2.45) is 0 Å². The minimum absolute atomic E-state index is 0.0793. The van der Waals surface area contributed by atoms with Crippen LogP contribution in [0.1, 0.15) is 38.1 Å². The summed E-state index contributed by atoms with van der Waals surface area (Å²) in [5.74, 6) is 2.09. The lowest BCUT2D eigenvalue weighted by atomic mass is 9.75. The van der Waals surface area contributed by atoms with Crippen molar-refractivity contribution in [2.45, 2.75) is 38.9 Å². The van der Waals surface area contributed by atoms with Crippen LogP contribution in [0.4, 0.5) is 0 Å². The Bertz CT molecular complexity index is 583. The number of benzene rings is 1. The van der Waals surface area contributed by atoms with Gasteiger partial charge >= 0.3 is 7.12 Å². The van der Waals surface area contributed by atoms with E-state index in [0.29, 0.717) is 5.56 Å². The van der Waals surface area contributed by atoms with E-state index < -0.39 is 18.3 Å². The molecule has 0 radical (unpaired) electrons. The highest BCUT2D eigenvalue weighted by molar-refractivity contribution is 7.99. The highest BCUT2D eigenvalue weighted by Gasteiger charge is 2.52. The summed E-state index contributed by atoms with van der Waals surface area (Å²) >= 11 is 1.90. The predicted molar refractivity (Wildman–Crippen MR) is 95.4 cm³/mol. The highest BCUT2D eigenvalue weighted by Crippen LogP contribution is 2.36. The molecule has 3 rings (SSSR count). The molecule has 2 aliphatic heterocycles. The van der Waals surface area contributed by atoms with Crippen LogP contribution in [0.25, 0.3) is 0 Å². The number of nitrogens with zero attached hydrogens (tertiary/aromatic N) is 1. The minimum Gasteiger partial charge on any atom is -0.399 e. The van der Waals surface area contributed by atoms with Gasteiger partial charge in [-0.2, -0.15) is 11.8 Å². The van der Waals surface area contributed by atoms with E-state index in [0.717, 1.165) is 30.1 Å². The molecule has 124 valence electrons. The smallest absolute Gasteiger partial charge is 0.399 e. The number of hydrogen-bond acceptors (Lipinski definition) is 4. The fourth-order valence-electron chi connectivity index (χ4n) is 2.80. The van der Waals surface area contributed by atoms with Gasteiger partial charge in [-0.1, -0.05) is 18.2 Å².